The molecule has 0 radical (unpaired) electrons. The number of phenolic OH excluding ortho intramolecular Hbond substituents is 1. The number of aromatic hydroxyl groups is 1. The van der Waals surface area contributed by atoms with Crippen molar-refractivity contribution in [2.75, 3.05) is 6.54 Å². The minimum atomic E-state index is 0.130. The molecule has 4 fully saturated rings. The molecule has 2 saturated carbocycles. The number of piperidine rings is 1. The zero-order chi connectivity index (χ0) is 18.2. The zero-order valence-corrected chi connectivity index (χ0v) is 16.5. The summed E-state index contributed by atoms with van der Waals surface area (Å²) in [6.45, 7) is 3.76. The van der Waals surface area contributed by atoms with Gasteiger partial charge in [0.15, 0.2) is 0 Å². The summed E-state index contributed by atoms with van der Waals surface area (Å²) in [7, 11) is 0. The Bertz CT molecular complexity index is 747. The maximum atomic E-state index is 9.89. The average molecular weight is 368 g/mol. The molecule has 146 valence electrons. The van der Waals surface area contributed by atoms with Crippen LogP contribution in [0.2, 0.25) is 0 Å². The number of nitrogens with one attached hydrogen (secondary N) is 1. The Morgan fingerprint density at radius 1 is 1.15 bits per heavy atom. The fourth-order valence-electron chi connectivity index (χ4n) is 8.15. The van der Waals surface area contributed by atoms with Crippen LogP contribution in [0.25, 0.3) is 0 Å². The lowest BCUT2D eigenvalue weighted by Crippen LogP contribution is -2.51. The number of benzene rings is 1. The van der Waals surface area contributed by atoms with Crippen molar-refractivity contribution in [1.82, 2.24) is 5.32 Å². The number of hydrogen-bond acceptors (Lipinski definition) is 3. The summed E-state index contributed by atoms with van der Waals surface area (Å²) in [4.78, 5) is 0. The molecule has 7 atom stereocenters. The second-order valence-electron chi connectivity index (χ2n) is 10.4. The van der Waals surface area contributed by atoms with Gasteiger partial charge in [0.1, 0.15) is 5.75 Å². The van der Waals surface area contributed by atoms with Crippen LogP contribution in [0, 0.1) is 17.3 Å². The van der Waals surface area contributed by atoms with Crippen LogP contribution in [0.3, 0.4) is 0 Å². The van der Waals surface area contributed by atoms with Crippen LogP contribution in [0.15, 0.2) is 18.2 Å². The van der Waals surface area contributed by atoms with Crippen molar-refractivity contribution in [1.29, 1.82) is 0 Å². The number of fused-ring (bicyclic) bond motifs is 7. The number of ether oxygens (including phenoxy) is 1. The first kappa shape index (κ1) is 16.9. The SMILES string of the molecule is C[C@]12CC[C@@H]3c4ccc(O)cc4CC[C@H]3[C@@H]1CCC21C[C@@H]2NCCC[C@H]2O1. The van der Waals surface area contributed by atoms with Crippen molar-refractivity contribution in [3.05, 3.63) is 29.3 Å². The topological polar surface area (TPSA) is 41.5 Å². The molecule has 1 aromatic rings. The molecular formula is C24H33NO2. The highest BCUT2D eigenvalue weighted by Crippen LogP contribution is 2.68. The van der Waals surface area contributed by atoms with E-state index in [4.69, 9.17) is 4.74 Å². The van der Waals surface area contributed by atoms with Gasteiger partial charge in [0.2, 0.25) is 0 Å². The van der Waals surface area contributed by atoms with Gasteiger partial charge in [0.25, 0.3) is 0 Å². The van der Waals surface area contributed by atoms with E-state index in [0.29, 0.717) is 29.2 Å². The van der Waals surface area contributed by atoms with Crippen molar-refractivity contribution in [3.8, 4) is 5.75 Å². The van der Waals surface area contributed by atoms with Crippen LogP contribution >= 0.6 is 0 Å². The van der Waals surface area contributed by atoms with Crippen molar-refractivity contribution in [2.24, 2.45) is 17.3 Å². The van der Waals surface area contributed by atoms with Crippen LogP contribution in [0.5, 0.6) is 5.75 Å². The molecule has 2 heterocycles. The van der Waals surface area contributed by atoms with Crippen molar-refractivity contribution in [2.45, 2.75) is 88.4 Å². The summed E-state index contributed by atoms with van der Waals surface area (Å²) < 4.78 is 6.96. The van der Waals surface area contributed by atoms with Gasteiger partial charge in [0, 0.05) is 6.04 Å². The Morgan fingerprint density at radius 2 is 2.07 bits per heavy atom. The van der Waals surface area contributed by atoms with E-state index in [0.717, 1.165) is 18.3 Å². The third-order valence-corrected chi connectivity index (χ3v) is 9.45. The summed E-state index contributed by atoms with van der Waals surface area (Å²) >= 11 is 0. The third-order valence-electron chi connectivity index (χ3n) is 9.45. The Labute approximate surface area is 162 Å². The lowest BCUT2D eigenvalue weighted by molar-refractivity contribution is -0.139. The van der Waals surface area contributed by atoms with E-state index in [1.807, 2.05) is 12.1 Å². The minimum Gasteiger partial charge on any atom is -0.508 e. The standard InChI is InChI=1S/C24H33NO2/c1-23-10-8-18-17-7-5-16(26)13-15(17)4-6-19(18)20(23)9-11-24(23)14-21-22(27-24)3-2-12-25-21/h5,7,13,18-22,25-26H,2-4,6,8-12,14H2,1H3/t18-,19-,20+,21+,22-,23+,24?/m1/s1. The van der Waals surface area contributed by atoms with Gasteiger partial charge in [-0.15, -0.1) is 0 Å². The van der Waals surface area contributed by atoms with E-state index in [9.17, 15) is 5.11 Å². The van der Waals surface area contributed by atoms with Crippen LogP contribution < -0.4 is 5.32 Å². The van der Waals surface area contributed by atoms with Crippen LogP contribution in [0.4, 0.5) is 0 Å². The fraction of sp³-hybridized carbons (Fsp3) is 0.750. The Kier molecular flexibility index (Phi) is 3.58. The van der Waals surface area contributed by atoms with Gasteiger partial charge in [-0.1, -0.05) is 13.0 Å². The van der Waals surface area contributed by atoms with E-state index >= 15 is 0 Å². The molecule has 0 aromatic heterocycles. The van der Waals surface area contributed by atoms with E-state index in [-0.39, 0.29) is 5.60 Å². The van der Waals surface area contributed by atoms with Crippen LogP contribution in [0.1, 0.15) is 75.3 Å². The largest absolute Gasteiger partial charge is 0.508 e. The highest BCUT2D eigenvalue weighted by molar-refractivity contribution is 5.40. The summed E-state index contributed by atoms with van der Waals surface area (Å²) in [5, 5.41) is 13.7. The molecule has 1 aromatic carbocycles. The Balaban J connectivity index is 1.32. The third kappa shape index (κ3) is 2.22. The first-order chi connectivity index (χ1) is 13.1. The van der Waals surface area contributed by atoms with E-state index in [1.54, 1.807) is 0 Å². The maximum Gasteiger partial charge on any atom is 0.115 e. The normalized spacial score (nSPS) is 48.0. The zero-order valence-electron chi connectivity index (χ0n) is 16.5. The molecule has 2 saturated heterocycles. The van der Waals surface area contributed by atoms with Crippen molar-refractivity contribution < 1.29 is 9.84 Å². The van der Waals surface area contributed by atoms with Gasteiger partial charge >= 0.3 is 0 Å². The number of rotatable bonds is 0. The second kappa shape index (κ2) is 5.73. The molecule has 6 rings (SSSR count). The van der Waals surface area contributed by atoms with Gasteiger partial charge < -0.3 is 15.2 Å². The highest BCUT2D eigenvalue weighted by atomic mass is 16.5. The van der Waals surface area contributed by atoms with Gasteiger partial charge in [0.05, 0.1) is 11.7 Å². The lowest BCUT2D eigenvalue weighted by Gasteiger charge is -2.53. The van der Waals surface area contributed by atoms with E-state index in [2.05, 4.69) is 18.3 Å². The first-order valence-electron chi connectivity index (χ1n) is 11.3. The molecule has 1 unspecified atom stereocenters. The summed E-state index contributed by atoms with van der Waals surface area (Å²) in [6.07, 6.45) is 11.9. The molecule has 2 aliphatic heterocycles. The molecule has 0 bridgehead atoms. The summed E-state index contributed by atoms with van der Waals surface area (Å²) in [5.41, 5.74) is 3.42. The van der Waals surface area contributed by atoms with Gasteiger partial charge in [-0.25, -0.2) is 0 Å². The molecular weight excluding hydrogens is 334 g/mol. The van der Waals surface area contributed by atoms with Crippen molar-refractivity contribution >= 4 is 0 Å². The van der Waals surface area contributed by atoms with Gasteiger partial charge in [-0.2, -0.15) is 0 Å². The van der Waals surface area contributed by atoms with E-state index in [1.165, 1.54) is 69.0 Å². The maximum absolute atomic E-state index is 9.89. The Morgan fingerprint density at radius 3 is 2.96 bits per heavy atom. The minimum absolute atomic E-state index is 0.130. The molecule has 1 spiro atoms. The average Bonchev–Trinajstić information content (AvgIpc) is 3.19. The monoisotopic (exact) mass is 367 g/mol. The molecule has 2 N–H and O–H groups in total. The summed E-state index contributed by atoms with van der Waals surface area (Å²) in [5.74, 6) is 2.74. The fourth-order valence-corrected chi connectivity index (χ4v) is 8.15. The van der Waals surface area contributed by atoms with Gasteiger partial charge in [-0.05, 0) is 111 Å². The number of aryl methyl sites for hydroxylation is 1. The van der Waals surface area contributed by atoms with Crippen molar-refractivity contribution in [3.63, 3.8) is 0 Å². The molecule has 5 aliphatic rings. The quantitative estimate of drug-likeness (QED) is 0.708. The first-order valence-corrected chi connectivity index (χ1v) is 11.3. The molecule has 0 amide bonds. The smallest absolute Gasteiger partial charge is 0.115 e. The Hall–Kier alpha value is -1.06. The van der Waals surface area contributed by atoms with Crippen LogP contribution in [-0.2, 0) is 11.2 Å². The number of hydrogen-bond donors (Lipinski definition) is 2. The predicted octanol–water partition coefficient (Wildman–Crippen LogP) is 4.53. The highest BCUT2D eigenvalue weighted by Gasteiger charge is 2.66. The van der Waals surface area contributed by atoms with Gasteiger partial charge in [-0.3, -0.25) is 0 Å². The molecule has 27 heavy (non-hydrogen) atoms. The second-order valence-corrected chi connectivity index (χ2v) is 10.4. The summed E-state index contributed by atoms with van der Waals surface area (Å²) in [6, 6.07) is 6.74. The molecule has 3 heteroatoms. The molecule has 3 aliphatic carbocycles. The van der Waals surface area contributed by atoms with E-state index < -0.39 is 0 Å². The lowest BCUT2D eigenvalue weighted by atomic mass is 9.53. The number of phenols is 1. The molecule has 3 nitrogen and oxygen atoms in total. The predicted molar refractivity (Wildman–Crippen MR) is 106 cm³/mol. The van der Waals surface area contributed by atoms with Crippen LogP contribution in [-0.4, -0.2) is 29.4 Å².